The van der Waals surface area contributed by atoms with Gasteiger partial charge >= 0.3 is 6.09 Å². The number of rotatable bonds is 5. The highest BCUT2D eigenvalue weighted by Gasteiger charge is 2.26. The van der Waals surface area contributed by atoms with E-state index in [9.17, 15) is 9.59 Å². The Labute approximate surface area is 164 Å². The number of amides is 2. The molecule has 3 rings (SSSR count). The minimum atomic E-state index is -0.401. The van der Waals surface area contributed by atoms with Crippen molar-refractivity contribution in [2.45, 2.75) is 20.8 Å². The lowest BCUT2D eigenvalue weighted by Crippen LogP contribution is -2.23. The minimum absolute atomic E-state index is 0.243. The Morgan fingerprint density at radius 3 is 2.57 bits per heavy atom. The number of nitrogens with one attached hydrogen (secondary N) is 1. The van der Waals surface area contributed by atoms with Crippen molar-refractivity contribution in [3.05, 3.63) is 58.7 Å². The molecule has 1 saturated heterocycles. The van der Waals surface area contributed by atoms with Gasteiger partial charge in [-0.15, -0.1) is 0 Å². The minimum Gasteiger partial charge on any atom is -0.494 e. The van der Waals surface area contributed by atoms with E-state index < -0.39 is 6.09 Å². The van der Waals surface area contributed by atoms with Gasteiger partial charge in [0.15, 0.2) is 0 Å². The third-order valence-electron chi connectivity index (χ3n) is 4.80. The summed E-state index contributed by atoms with van der Waals surface area (Å²) < 4.78 is 10.3. The summed E-state index contributed by atoms with van der Waals surface area (Å²) in [5.41, 5.74) is 5.75. The molecule has 0 atom stereocenters. The van der Waals surface area contributed by atoms with Crippen LogP contribution >= 0.6 is 0 Å². The van der Waals surface area contributed by atoms with Gasteiger partial charge in [0.2, 0.25) is 5.91 Å². The lowest BCUT2D eigenvalue weighted by molar-refractivity contribution is -0.111. The Kier molecular flexibility index (Phi) is 5.68. The normalized spacial score (nSPS) is 13.7. The number of methoxy groups -OCH3 is 1. The van der Waals surface area contributed by atoms with Crippen LogP contribution in [0.25, 0.3) is 6.08 Å². The molecule has 6 nitrogen and oxygen atoms in total. The van der Waals surface area contributed by atoms with Crippen LogP contribution in [0.5, 0.6) is 5.75 Å². The molecule has 2 aromatic rings. The highest BCUT2D eigenvalue weighted by molar-refractivity contribution is 6.02. The number of anilines is 2. The maximum Gasteiger partial charge on any atom is 0.414 e. The Morgan fingerprint density at radius 2 is 1.89 bits per heavy atom. The second kappa shape index (κ2) is 8.17. The van der Waals surface area contributed by atoms with Crippen LogP contribution in [0.3, 0.4) is 0 Å². The van der Waals surface area contributed by atoms with E-state index >= 15 is 0 Å². The molecule has 0 aromatic heterocycles. The number of hydrogen-bond donors (Lipinski definition) is 1. The van der Waals surface area contributed by atoms with Gasteiger partial charge in [0.25, 0.3) is 0 Å². The highest BCUT2D eigenvalue weighted by Crippen LogP contribution is 2.33. The van der Waals surface area contributed by atoms with E-state index in [2.05, 4.69) is 31.3 Å². The van der Waals surface area contributed by atoms with Gasteiger partial charge in [-0.1, -0.05) is 12.1 Å². The van der Waals surface area contributed by atoms with Gasteiger partial charge in [-0.05, 0) is 61.2 Å². The van der Waals surface area contributed by atoms with Crippen molar-refractivity contribution in [2.24, 2.45) is 0 Å². The summed E-state index contributed by atoms with van der Waals surface area (Å²) in [5, 5.41) is 2.82. The Balaban J connectivity index is 1.73. The fourth-order valence-corrected chi connectivity index (χ4v) is 3.10. The van der Waals surface area contributed by atoms with Crippen molar-refractivity contribution in [1.29, 1.82) is 0 Å². The monoisotopic (exact) mass is 380 g/mol. The van der Waals surface area contributed by atoms with Crippen molar-refractivity contribution in [3.8, 4) is 5.75 Å². The molecule has 2 aromatic carbocycles. The van der Waals surface area contributed by atoms with E-state index in [0.717, 1.165) is 11.1 Å². The molecule has 2 amide bonds. The molecule has 6 heteroatoms. The van der Waals surface area contributed by atoms with Crippen LogP contribution in [0.2, 0.25) is 0 Å². The lowest BCUT2D eigenvalue weighted by atomic mass is 10.0. The fraction of sp³-hybridized carbons (Fsp3) is 0.273. The van der Waals surface area contributed by atoms with Crippen LogP contribution in [0.1, 0.15) is 22.3 Å². The van der Waals surface area contributed by atoms with Crippen molar-refractivity contribution in [3.63, 3.8) is 0 Å². The lowest BCUT2D eigenvalue weighted by Gasteiger charge is -2.17. The molecule has 1 heterocycles. The Morgan fingerprint density at radius 1 is 1.14 bits per heavy atom. The van der Waals surface area contributed by atoms with Gasteiger partial charge in [-0.25, -0.2) is 4.79 Å². The first-order chi connectivity index (χ1) is 13.4. The number of aryl methyl sites for hydroxylation is 3. The first-order valence-corrected chi connectivity index (χ1v) is 9.08. The molecule has 0 aliphatic carbocycles. The average molecular weight is 380 g/mol. The largest absolute Gasteiger partial charge is 0.494 e. The van der Waals surface area contributed by atoms with Crippen molar-refractivity contribution in [2.75, 3.05) is 30.5 Å². The summed E-state index contributed by atoms with van der Waals surface area (Å²) in [6.45, 7) is 6.97. The molecule has 0 bridgehead atoms. The van der Waals surface area contributed by atoms with Crippen LogP contribution in [0, 0.1) is 20.8 Å². The SMILES string of the molecule is COc1cc(NC(=O)/C=C\c2cc(C)c(C)cc2C)ccc1N1CCOC1=O. The van der Waals surface area contributed by atoms with Gasteiger partial charge in [0, 0.05) is 17.8 Å². The van der Waals surface area contributed by atoms with E-state index in [1.54, 1.807) is 18.2 Å². The van der Waals surface area contributed by atoms with Crippen molar-refractivity contribution < 1.29 is 19.1 Å². The number of hydrogen-bond acceptors (Lipinski definition) is 4. The smallest absolute Gasteiger partial charge is 0.414 e. The van der Waals surface area contributed by atoms with Gasteiger partial charge < -0.3 is 14.8 Å². The fourth-order valence-electron chi connectivity index (χ4n) is 3.10. The molecule has 146 valence electrons. The van der Waals surface area contributed by atoms with Gasteiger partial charge in [-0.2, -0.15) is 0 Å². The number of nitrogens with zero attached hydrogens (tertiary/aromatic N) is 1. The zero-order valence-electron chi connectivity index (χ0n) is 16.5. The molecule has 1 aliphatic rings. The summed E-state index contributed by atoms with van der Waals surface area (Å²) in [6, 6.07) is 9.34. The summed E-state index contributed by atoms with van der Waals surface area (Å²) >= 11 is 0. The first-order valence-electron chi connectivity index (χ1n) is 9.08. The van der Waals surface area contributed by atoms with Crippen LogP contribution in [0.15, 0.2) is 36.4 Å². The topological polar surface area (TPSA) is 67.9 Å². The van der Waals surface area contributed by atoms with Crippen LogP contribution in [0.4, 0.5) is 16.2 Å². The van der Waals surface area contributed by atoms with Crippen LogP contribution in [-0.2, 0) is 9.53 Å². The van der Waals surface area contributed by atoms with E-state index in [0.29, 0.717) is 30.3 Å². The predicted octanol–water partition coefficient (Wildman–Crippen LogP) is 4.23. The molecule has 28 heavy (non-hydrogen) atoms. The van der Waals surface area contributed by atoms with E-state index in [4.69, 9.17) is 9.47 Å². The molecule has 0 unspecified atom stereocenters. The maximum atomic E-state index is 12.3. The standard InChI is InChI=1S/C22H24N2O4/c1-14-11-16(3)17(12-15(14)2)5-8-21(25)23-18-6-7-19(20(13-18)27-4)24-9-10-28-22(24)26/h5-8,11-13H,9-10H2,1-4H3,(H,23,25)/b8-5-. The molecule has 0 saturated carbocycles. The Bertz CT molecular complexity index is 950. The van der Waals surface area contributed by atoms with Crippen molar-refractivity contribution in [1.82, 2.24) is 0 Å². The second-order valence-electron chi connectivity index (χ2n) is 6.77. The van der Waals surface area contributed by atoms with Crippen LogP contribution < -0.4 is 15.0 Å². The average Bonchev–Trinajstić information content (AvgIpc) is 3.09. The molecular weight excluding hydrogens is 356 g/mol. The second-order valence-corrected chi connectivity index (χ2v) is 6.77. The van der Waals surface area contributed by atoms with Crippen LogP contribution in [-0.4, -0.2) is 32.3 Å². The van der Waals surface area contributed by atoms with Gasteiger partial charge in [-0.3, -0.25) is 9.69 Å². The zero-order chi connectivity index (χ0) is 20.3. The number of carbonyl (C=O) groups is 2. The highest BCUT2D eigenvalue weighted by atomic mass is 16.6. The third kappa shape index (κ3) is 4.17. The summed E-state index contributed by atoms with van der Waals surface area (Å²) in [5.74, 6) is 0.249. The van der Waals surface area contributed by atoms with E-state index in [-0.39, 0.29) is 5.91 Å². The molecule has 0 spiro atoms. The maximum absolute atomic E-state index is 12.3. The molecule has 1 aliphatic heterocycles. The molecule has 1 N–H and O–H groups in total. The zero-order valence-corrected chi connectivity index (χ0v) is 16.5. The van der Waals surface area contributed by atoms with Gasteiger partial charge in [0.05, 0.1) is 19.3 Å². The number of ether oxygens (including phenoxy) is 2. The predicted molar refractivity (Wildman–Crippen MR) is 110 cm³/mol. The quantitative estimate of drug-likeness (QED) is 0.789. The number of benzene rings is 2. The summed E-state index contributed by atoms with van der Waals surface area (Å²) in [6.07, 6.45) is 2.92. The van der Waals surface area contributed by atoms with Gasteiger partial charge in [0.1, 0.15) is 12.4 Å². The molecule has 1 fully saturated rings. The third-order valence-corrected chi connectivity index (χ3v) is 4.80. The number of cyclic esters (lactones) is 1. The summed E-state index contributed by atoms with van der Waals surface area (Å²) in [4.78, 5) is 25.6. The number of carbonyl (C=O) groups excluding carboxylic acids is 2. The molecule has 0 radical (unpaired) electrons. The summed E-state index contributed by atoms with van der Waals surface area (Å²) in [7, 11) is 1.52. The van der Waals surface area contributed by atoms with E-state index in [1.165, 1.54) is 29.2 Å². The molecular formula is C22H24N2O4. The first kappa shape index (κ1) is 19.5. The van der Waals surface area contributed by atoms with E-state index in [1.807, 2.05) is 13.0 Å². The van der Waals surface area contributed by atoms with Crippen molar-refractivity contribution >= 4 is 29.5 Å². The Hall–Kier alpha value is -3.28.